The Bertz CT molecular complexity index is 656. The summed E-state index contributed by atoms with van der Waals surface area (Å²) in [4.78, 5) is 11.4. The Hall–Kier alpha value is -2.29. The van der Waals surface area contributed by atoms with Crippen molar-refractivity contribution in [3.63, 3.8) is 0 Å². The molecule has 3 nitrogen and oxygen atoms in total. The summed E-state index contributed by atoms with van der Waals surface area (Å²) in [5, 5.41) is 5.78. The van der Waals surface area contributed by atoms with Gasteiger partial charge in [0.05, 0.1) is 6.61 Å². The molecule has 0 aliphatic rings. The Kier molecular flexibility index (Phi) is 4.99. The zero-order chi connectivity index (χ0) is 15.2. The molecule has 1 N–H and O–H groups in total. The van der Waals surface area contributed by atoms with Crippen molar-refractivity contribution in [3.05, 3.63) is 59.8 Å². The number of allylic oxidation sites excluding steroid dienone is 1. The molecule has 0 unspecified atom stereocenters. The summed E-state index contributed by atoms with van der Waals surface area (Å²) in [5.74, 6) is -0.312. The number of carbonyl (C=O) groups is 1. The molecule has 0 spiro atoms. The van der Waals surface area contributed by atoms with Crippen LogP contribution in [0.5, 0.6) is 0 Å². The minimum atomic E-state index is -0.312. The molecule has 21 heavy (non-hydrogen) atoms. The molecule has 0 aliphatic carbocycles. The third-order valence-corrected chi connectivity index (χ3v) is 3.35. The van der Waals surface area contributed by atoms with E-state index in [9.17, 15) is 4.79 Å². The van der Waals surface area contributed by atoms with Crippen molar-refractivity contribution in [2.45, 2.75) is 26.8 Å². The average Bonchev–Trinajstić information content (AvgIpc) is 2.46. The molecule has 0 aromatic heterocycles. The molecule has 2 aromatic carbocycles. The first-order chi connectivity index (χ1) is 10.1. The fourth-order valence-corrected chi connectivity index (χ4v) is 2.45. The van der Waals surface area contributed by atoms with Gasteiger partial charge in [0.15, 0.2) is 0 Å². The highest BCUT2D eigenvalue weighted by atomic mass is 16.5. The molecule has 0 amide bonds. The van der Waals surface area contributed by atoms with Gasteiger partial charge in [0.2, 0.25) is 0 Å². The normalized spacial score (nSPS) is 13.0. The van der Waals surface area contributed by atoms with Gasteiger partial charge in [0.25, 0.3) is 0 Å². The number of hydrogen-bond donors (Lipinski definition) is 1. The van der Waals surface area contributed by atoms with E-state index in [1.54, 1.807) is 6.92 Å². The van der Waals surface area contributed by atoms with Crippen LogP contribution >= 0.6 is 0 Å². The molecule has 3 heteroatoms. The molecule has 2 aromatic rings. The molecule has 110 valence electrons. The lowest BCUT2D eigenvalue weighted by Crippen LogP contribution is -2.18. The SMILES string of the molecule is CCOC(=O)/C=C(/C)N[C@H](C)c1cccc2ccccc12. The molecule has 1 atom stereocenters. The van der Waals surface area contributed by atoms with Crippen LogP contribution in [0.1, 0.15) is 32.4 Å². The lowest BCUT2D eigenvalue weighted by molar-refractivity contribution is -0.137. The number of benzene rings is 2. The maximum Gasteiger partial charge on any atom is 0.332 e. The van der Waals surface area contributed by atoms with Gasteiger partial charge in [-0.05, 0) is 37.1 Å². The maximum absolute atomic E-state index is 11.4. The van der Waals surface area contributed by atoms with Crippen LogP contribution in [0.4, 0.5) is 0 Å². The van der Waals surface area contributed by atoms with E-state index in [0.29, 0.717) is 6.61 Å². The van der Waals surface area contributed by atoms with E-state index in [0.717, 1.165) is 5.70 Å². The van der Waals surface area contributed by atoms with Crippen molar-refractivity contribution in [3.8, 4) is 0 Å². The molecular weight excluding hydrogens is 262 g/mol. The summed E-state index contributed by atoms with van der Waals surface area (Å²) in [6.07, 6.45) is 1.49. The molecule has 0 radical (unpaired) electrons. The maximum atomic E-state index is 11.4. The average molecular weight is 283 g/mol. The van der Waals surface area contributed by atoms with Crippen molar-refractivity contribution in [2.24, 2.45) is 0 Å². The molecular formula is C18H21NO2. The predicted octanol–water partition coefficient (Wildman–Crippen LogP) is 3.96. The Balaban J connectivity index is 2.19. The van der Waals surface area contributed by atoms with Crippen LogP contribution in [0, 0.1) is 0 Å². The van der Waals surface area contributed by atoms with Crippen LogP contribution in [-0.4, -0.2) is 12.6 Å². The summed E-state index contributed by atoms with van der Waals surface area (Å²) in [5.41, 5.74) is 2.01. The lowest BCUT2D eigenvalue weighted by atomic mass is 9.99. The van der Waals surface area contributed by atoms with Crippen LogP contribution in [0.25, 0.3) is 10.8 Å². The second-order valence-electron chi connectivity index (χ2n) is 5.01. The summed E-state index contributed by atoms with van der Waals surface area (Å²) in [6.45, 7) is 6.15. The van der Waals surface area contributed by atoms with Gasteiger partial charge in [0, 0.05) is 17.8 Å². The van der Waals surface area contributed by atoms with E-state index in [-0.39, 0.29) is 12.0 Å². The van der Waals surface area contributed by atoms with E-state index in [1.807, 2.05) is 19.1 Å². The first-order valence-electron chi connectivity index (χ1n) is 7.21. The Morgan fingerprint density at radius 3 is 2.71 bits per heavy atom. The zero-order valence-electron chi connectivity index (χ0n) is 12.7. The van der Waals surface area contributed by atoms with Crippen molar-refractivity contribution >= 4 is 16.7 Å². The number of hydrogen-bond acceptors (Lipinski definition) is 3. The highest BCUT2D eigenvalue weighted by molar-refractivity contribution is 5.86. The fourth-order valence-electron chi connectivity index (χ4n) is 2.45. The second-order valence-corrected chi connectivity index (χ2v) is 5.01. The summed E-state index contributed by atoms with van der Waals surface area (Å²) < 4.78 is 4.91. The smallest absolute Gasteiger partial charge is 0.332 e. The molecule has 0 aliphatic heterocycles. The van der Waals surface area contributed by atoms with Crippen molar-refractivity contribution in [1.29, 1.82) is 0 Å². The van der Waals surface area contributed by atoms with E-state index < -0.39 is 0 Å². The topological polar surface area (TPSA) is 38.3 Å². The molecule has 0 saturated heterocycles. The van der Waals surface area contributed by atoms with Crippen LogP contribution in [0.2, 0.25) is 0 Å². The Labute approximate surface area is 125 Å². The predicted molar refractivity (Wildman–Crippen MR) is 85.9 cm³/mol. The minimum absolute atomic E-state index is 0.113. The third kappa shape index (κ3) is 3.85. The molecule has 2 rings (SSSR count). The first-order valence-corrected chi connectivity index (χ1v) is 7.21. The Morgan fingerprint density at radius 2 is 1.95 bits per heavy atom. The standard InChI is InChI=1S/C18H21NO2/c1-4-21-18(20)12-13(2)19-14(3)16-11-7-9-15-8-5-6-10-17(15)16/h5-12,14,19H,4H2,1-3H3/b13-12-/t14-/m1/s1. The van der Waals surface area contributed by atoms with E-state index in [1.165, 1.54) is 22.4 Å². The number of ether oxygens (including phenoxy) is 1. The molecule has 0 saturated carbocycles. The van der Waals surface area contributed by atoms with Gasteiger partial charge in [-0.2, -0.15) is 0 Å². The summed E-state index contributed by atoms with van der Waals surface area (Å²) in [7, 11) is 0. The van der Waals surface area contributed by atoms with Crippen molar-refractivity contribution in [1.82, 2.24) is 5.32 Å². The van der Waals surface area contributed by atoms with Gasteiger partial charge >= 0.3 is 5.97 Å². The van der Waals surface area contributed by atoms with Gasteiger partial charge < -0.3 is 10.1 Å². The molecule has 0 bridgehead atoms. The highest BCUT2D eigenvalue weighted by Crippen LogP contribution is 2.24. The Morgan fingerprint density at radius 1 is 1.24 bits per heavy atom. The lowest BCUT2D eigenvalue weighted by Gasteiger charge is -2.18. The quantitative estimate of drug-likeness (QED) is 0.667. The number of rotatable bonds is 5. The van der Waals surface area contributed by atoms with Crippen molar-refractivity contribution in [2.75, 3.05) is 6.61 Å². The first kappa shape index (κ1) is 15.1. The van der Waals surface area contributed by atoms with Gasteiger partial charge in [-0.25, -0.2) is 4.79 Å². The van der Waals surface area contributed by atoms with E-state index in [2.05, 4.69) is 42.6 Å². The summed E-state index contributed by atoms with van der Waals surface area (Å²) >= 11 is 0. The van der Waals surface area contributed by atoms with Gasteiger partial charge in [-0.3, -0.25) is 0 Å². The molecule has 0 fully saturated rings. The number of fused-ring (bicyclic) bond motifs is 1. The molecule has 0 heterocycles. The monoisotopic (exact) mass is 283 g/mol. The van der Waals surface area contributed by atoms with Crippen LogP contribution in [0.15, 0.2) is 54.2 Å². The number of carbonyl (C=O) groups excluding carboxylic acids is 1. The largest absolute Gasteiger partial charge is 0.463 e. The summed E-state index contributed by atoms with van der Waals surface area (Å²) in [6, 6.07) is 14.7. The van der Waals surface area contributed by atoms with Gasteiger partial charge in [-0.1, -0.05) is 42.5 Å². The van der Waals surface area contributed by atoms with Crippen LogP contribution in [0.3, 0.4) is 0 Å². The second kappa shape index (κ2) is 6.93. The van der Waals surface area contributed by atoms with Crippen LogP contribution in [-0.2, 0) is 9.53 Å². The minimum Gasteiger partial charge on any atom is -0.463 e. The highest BCUT2D eigenvalue weighted by Gasteiger charge is 2.09. The van der Waals surface area contributed by atoms with Gasteiger partial charge in [-0.15, -0.1) is 0 Å². The zero-order valence-corrected chi connectivity index (χ0v) is 12.7. The van der Waals surface area contributed by atoms with E-state index in [4.69, 9.17) is 4.74 Å². The van der Waals surface area contributed by atoms with Crippen LogP contribution < -0.4 is 5.32 Å². The number of esters is 1. The number of nitrogens with one attached hydrogen (secondary N) is 1. The third-order valence-electron chi connectivity index (χ3n) is 3.35. The van der Waals surface area contributed by atoms with Crippen molar-refractivity contribution < 1.29 is 9.53 Å². The fraction of sp³-hybridized carbons (Fsp3) is 0.278. The van der Waals surface area contributed by atoms with Gasteiger partial charge in [0.1, 0.15) is 0 Å². The van der Waals surface area contributed by atoms with E-state index >= 15 is 0 Å².